The number of hydrogen-bond acceptors (Lipinski definition) is 2. The first-order valence-corrected chi connectivity index (χ1v) is 5.47. The third-order valence-electron chi connectivity index (χ3n) is 2.82. The van der Waals surface area contributed by atoms with Gasteiger partial charge in [0.25, 0.3) is 0 Å². The molecule has 0 radical (unpaired) electrons. The summed E-state index contributed by atoms with van der Waals surface area (Å²) in [7, 11) is 0. The summed E-state index contributed by atoms with van der Waals surface area (Å²) in [6, 6.07) is 10.9. The van der Waals surface area contributed by atoms with Gasteiger partial charge in [-0.3, -0.25) is 0 Å². The molecule has 2 heteroatoms. The van der Waals surface area contributed by atoms with Crippen LogP contribution in [0, 0.1) is 0 Å². The number of benzene rings is 1. The second-order valence-corrected chi connectivity index (χ2v) is 3.95. The van der Waals surface area contributed by atoms with E-state index in [4.69, 9.17) is 0 Å². The van der Waals surface area contributed by atoms with Gasteiger partial charge in [-0.15, -0.1) is 0 Å². The molecule has 0 saturated heterocycles. The van der Waals surface area contributed by atoms with Crippen LogP contribution in [0.5, 0.6) is 0 Å². The van der Waals surface area contributed by atoms with Crippen molar-refractivity contribution in [2.75, 3.05) is 6.61 Å². The van der Waals surface area contributed by atoms with Gasteiger partial charge in [-0.1, -0.05) is 42.5 Å². The first-order chi connectivity index (χ1) is 7.40. The Labute approximate surface area is 90.6 Å². The summed E-state index contributed by atoms with van der Waals surface area (Å²) < 4.78 is 0. The Kier molecular flexibility index (Phi) is 3.54. The average Bonchev–Trinajstić information content (AvgIpc) is 2.55. The standard InChI is InChI=1S/C13H17NO/c15-10-12-8-4-5-9-13(14-12)11-6-2-1-3-7-11/h1-7,12-15H,8-10H2. The van der Waals surface area contributed by atoms with Crippen molar-refractivity contribution in [1.29, 1.82) is 0 Å². The van der Waals surface area contributed by atoms with Crippen LogP contribution >= 0.6 is 0 Å². The van der Waals surface area contributed by atoms with E-state index < -0.39 is 0 Å². The van der Waals surface area contributed by atoms with Crippen molar-refractivity contribution >= 4 is 0 Å². The molecular formula is C13H17NO. The van der Waals surface area contributed by atoms with Crippen LogP contribution in [0.2, 0.25) is 0 Å². The first kappa shape index (κ1) is 10.4. The minimum Gasteiger partial charge on any atom is -0.395 e. The van der Waals surface area contributed by atoms with Crippen molar-refractivity contribution in [1.82, 2.24) is 5.32 Å². The molecule has 1 aromatic carbocycles. The lowest BCUT2D eigenvalue weighted by molar-refractivity contribution is 0.234. The first-order valence-electron chi connectivity index (χ1n) is 5.47. The number of nitrogens with one attached hydrogen (secondary N) is 1. The van der Waals surface area contributed by atoms with Crippen LogP contribution in [-0.2, 0) is 0 Å². The molecule has 15 heavy (non-hydrogen) atoms. The van der Waals surface area contributed by atoms with E-state index in [1.807, 2.05) is 6.07 Å². The van der Waals surface area contributed by atoms with E-state index in [0.29, 0.717) is 6.04 Å². The van der Waals surface area contributed by atoms with Crippen LogP contribution in [0.25, 0.3) is 0 Å². The highest BCUT2D eigenvalue weighted by Gasteiger charge is 2.16. The van der Waals surface area contributed by atoms with Gasteiger partial charge in [-0.05, 0) is 18.4 Å². The fourth-order valence-corrected chi connectivity index (χ4v) is 1.96. The Morgan fingerprint density at radius 2 is 1.87 bits per heavy atom. The van der Waals surface area contributed by atoms with Crippen molar-refractivity contribution in [2.24, 2.45) is 0 Å². The van der Waals surface area contributed by atoms with Gasteiger partial charge < -0.3 is 10.4 Å². The highest BCUT2D eigenvalue weighted by Crippen LogP contribution is 2.20. The van der Waals surface area contributed by atoms with Crippen LogP contribution in [0.1, 0.15) is 24.4 Å². The van der Waals surface area contributed by atoms with Crippen LogP contribution in [0.3, 0.4) is 0 Å². The van der Waals surface area contributed by atoms with E-state index in [9.17, 15) is 5.11 Å². The third kappa shape index (κ3) is 2.67. The van der Waals surface area contributed by atoms with Crippen molar-refractivity contribution in [2.45, 2.75) is 24.9 Å². The molecule has 1 aliphatic rings. The van der Waals surface area contributed by atoms with E-state index in [0.717, 1.165) is 12.8 Å². The lowest BCUT2D eigenvalue weighted by atomic mass is 10.0. The summed E-state index contributed by atoms with van der Waals surface area (Å²) >= 11 is 0. The van der Waals surface area contributed by atoms with Crippen molar-refractivity contribution in [3.63, 3.8) is 0 Å². The zero-order chi connectivity index (χ0) is 10.5. The molecule has 0 saturated carbocycles. The van der Waals surface area contributed by atoms with E-state index >= 15 is 0 Å². The molecule has 2 N–H and O–H groups in total. The Morgan fingerprint density at radius 3 is 2.60 bits per heavy atom. The maximum Gasteiger partial charge on any atom is 0.0587 e. The topological polar surface area (TPSA) is 32.3 Å². The molecule has 1 heterocycles. The van der Waals surface area contributed by atoms with Crippen molar-refractivity contribution in [3.8, 4) is 0 Å². The molecule has 2 rings (SSSR count). The van der Waals surface area contributed by atoms with Gasteiger partial charge in [0.05, 0.1) is 6.61 Å². The molecule has 0 aromatic heterocycles. The SMILES string of the molecule is OCC1CC=CCC(c2ccccc2)N1. The quantitative estimate of drug-likeness (QED) is 0.721. The second kappa shape index (κ2) is 5.10. The Balaban J connectivity index is 2.12. The minimum atomic E-state index is 0.189. The van der Waals surface area contributed by atoms with Gasteiger partial charge in [0, 0.05) is 12.1 Å². The number of aliphatic hydroxyl groups excluding tert-OH is 1. The van der Waals surface area contributed by atoms with Gasteiger partial charge in [0.2, 0.25) is 0 Å². The van der Waals surface area contributed by atoms with Crippen LogP contribution < -0.4 is 5.32 Å². The highest BCUT2D eigenvalue weighted by molar-refractivity contribution is 5.20. The average molecular weight is 203 g/mol. The van der Waals surface area contributed by atoms with E-state index in [1.54, 1.807) is 0 Å². The number of aliphatic hydroxyl groups is 1. The van der Waals surface area contributed by atoms with Gasteiger partial charge in [-0.2, -0.15) is 0 Å². The Bertz CT molecular complexity index is 321. The van der Waals surface area contributed by atoms with E-state index in [1.165, 1.54) is 5.56 Å². The molecule has 1 aromatic rings. The summed E-state index contributed by atoms with van der Waals surface area (Å²) in [6.07, 6.45) is 6.26. The monoisotopic (exact) mass is 203 g/mol. The number of rotatable bonds is 2. The second-order valence-electron chi connectivity index (χ2n) is 3.95. The van der Waals surface area contributed by atoms with Crippen LogP contribution in [0.15, 0.2) is 42.5 Å². The number of hydrogen-bond donors (Lipinski definition) is 2. The van der Waals surface area contributed by atoms with E-state index in [-0.39, 0.29) is 12.6 Å². The molecular weight excluding hydrogens is 186 g/mol. The van der Waals surface area contributed by atoms with Gasteiger partial charge in [-0.25, -0.2) is 0 Å². The zero-order valence-corrected chi connectivity index (χ0v) is 8.76. The van der Waals surface area contributed by atoms with E-state index in [2.05, 4.69) is 41.7 Å². The highest BCUT2D eigenvalue weighted by atomic mass is 16.3. The summed E-state index contributed by atoms with van der Waals surface area (Å²) in [5.41, 5.74) is 1.29. The molecule has 0 amide bonds. The fraction of sp³-hybridized carbons (Fsp3) is 0.385. The third-order valence-corrected chi connectivity index (χ3v) is 2.82. The summed E-state index contributed by atoms with van der Waals surface area (Å²) in [4.78, 5) is 0. The molecule has 2 unspecified atom stereocenters. The molecule has 2 atom stereocenters. The normalized spacial score (nSPS) is 26.2. The Morgan fingerprint density at radius 1 is 1.13 bits per heavy atom. The van der Waals surface area contributed by atoms with Crippen LogP contribution in [-0.4, -0.2) is 17.8 Å². The summed E-state index contributed by atoms with van der Waals surface area (Å²) in [5.74, 6) is 0. The fourth-order valence-electron chi connectivity index (χ4n) is 1.96. The Hall–Kier alpha value is -1.12. The van der Waals surface area contributed by atoms with Crippen LogP contribution in [0.4, 0.5) is 0 Å². The smallest absolute Gasteiger partial charge is 0.0587 e. The molecule has 0 aliphatic carbocycles. The zero-order valence-electron chi connectivity index (χ0n) is 8.76. The molecule has 80 valence electrons. The molecule has 0 spiro atoms. The predicted molar refractivity (Wildman–Crippen MR) is 61.6 cm³/mol. The maximum atomic E-state index is 9.18. The minimum absolute atomic E-state index is 0.189. The predicted octanol–water partition coefficient (Wildman–Crippen LogP) is 2.03. The largest absolute Gasteiger partial charge is 0.395 e. The van der Waals surface area contributed by atoms with Gasteiger partial charge in [0.15, 0.2) is 0 Å². The summed E-state index contributed by atoms with van der Waals surface area (Å²) in [6.45, 7) is 0.202. The summed E-state index contributed by atoms with van der Waals surface area (Å²) in [5, 5.41) is 12.7. The van der Waals surface area contributed by atoms with Gasteiger partial charge >= 0.3 is 0 Å². The van der Waals surface area contributed by atoms with Gasteiger partial charge in [0.1, 0.15) is 0 Å². The van der Waals surface area contributed by atoms with Crippen molar-refractivity contribution < 1.29 is 5.11 Å². The lowest BCUT2D eigenvalue weighted by Crippen LogP contribution is -2.34. The maximum absolute atomic E-state index is 9.18. The molecule has 1 aliphatic heterocycles. The van der Waals surface area contributed by atoms with Crippen molar-refractivity contribution in [3.05, 3.63) is 48.0 Å². The molecule has 0 bridgehead atoms. The molecule has 0 fully saturated rings. The lowest BCUT2D eigenvalue weighted by Gasteiger charge is -2.21. The molecule has 2 nitrogen and oxygen atoms in total.